The average Bonchev–Trinajstić information content (AvgIpc) is 2.73. The summed E-state index contributed by atoms with van der Waals surface area (Å²) in [4.78, 5) is 16.5. The largest absolute Gasteiger partial charge is 0.457 e. The van der Waals surface area contributed by atoms with Crippen LogP contribution in [0.25, 0.3) is 0 Å². The Labute approximate surface area is 164 Å². The van der Waals surface area contributed by atoms with Gasteiger partial charge in [-0.05, 0) is 55.0 Å². The van der Waals surface area contributed by atoms with Gasteiger partial charge in [0, 0.05) is 37.7 Å². The number of nitrogens with zero attached hydrogens (tertiary/aromatic N) is 1. The molecule has 6 nitrogen and oxygen atoms in total. The van der Waals surface area contributed by atoms with Crippen LogP contribution in [0.4, 0.5) is 11.5 Å². The van der Waals surface area contributed by atoms with Gasteiger partial charge in [-0.3, -0.25) is 4.79 Å². The Morgan fingerprint density at radius 1 is 1.00 bits per heavy atom. The van der Waals surface area contributed by atoms with E-state index in [1.807, 2.05) is 54.6 Å². The van der Waals surface area contributed by atoms with Crippen molar-refractivity contribution in [2.45, 2.75) is 6.42 Å². The molecule has 144 valence electrons. The van der Waals surface area contributed by atoms with E-state index < -0.39 is 0 Å². The molecule has 2 N–H and O–H groups in total. The van der Waals surface area contributed by atoms with E-state index in [-0.39, 0.29) is 5.91 Å². The number of carbonyl (C=O) groups is 1. The predicted octanol–water partition coefficient (Wildman–Crippen LogP) is 4.38. The zero-order valence-corrected chi connectivity index (χ0v) is 15.7. The number of hydrogen-bond acceptors (Lipinski definition) is 5. The summed E-state index contributed by atoms with van der Waals surface area (Å²) in [5.41, 5.74) is 1.41. The third-order valence-electron chi connectivity index (χ3n) is 3.94. The lowest BCUT2D eigenvalue weighted by Gasteiger charge is -2.10. The molecule has 0 saturated heterocycles. The molecule has 1 aromatic heterocycles. The van der Waals surface area contributed by atoms with Gasteiger partial charge in [0.1, 0.15) is 17.3 Å². The molecular formula is C22H23N3O3. The van der Waals surface area contributed by atoms with E-state index >= 15 is 0 Å². The van der Waals surface area contributed by atoms with Crippen LogP contribution in [0.5, 0.6) is 11.5 Å². The SMILES string of the molecule is COCCCNC(=O)c1ccnc(Nc2ccc(Oc3ccccc3)cc2)c1. The Balaban J connectivity index is 1.58. The van der Waals surface area contributed by atoms with Crippen LogP contribution >= 0.6 is 0 Å². The van der Waals surface area contributed by atoms with Crippen molar-refractivity contribution in [2.24, 2.45) is 0 Å². The standard InChI is InChI=1S/C22H23N3O3/c1-27-15-5-13-24-22(26)17-12-14-23-21(16-17)25-18-8-10-20(11-9-18)28-19-6-3-2-4-7-19/h2-4,6-12,14,16H,5,13,15H2,1H3,(H,23,25)(H,24,26). The molecule has 0 aliphatic heterocycles. The molecule has 1 heterocycles. The fourth-order valence-corrected chi connectivity index (χ4v) is 2.54. The minimum atomic E-state index is -0.131. The van der Waals surface area contributed by atoms with Crippen LogP contribution in [0.3, 0.4) is 0 Å². The second-order valence-corrected chi connectivity index (χ2v) is 6.10. The van der Waals surface area contributed by atoms with E-state index in [2.05, 4.69) is 15.6 Å². The van der Waals surface area contributed by atoms with E-state index in [1.165, 1.54) is 0 Å². The molecule has 0 fully saturated rings. The fraction of sp³-hybridized carbons (Fsp3) is 0.182. The molecule has 3 rings (SSSR count). The maximum atomic E-state index is 12.2. The number of pyridine rings is 1. The number of benzene rings is 2. The molecule has 0 bridgehead atoms. The number of aromatic nitrogens is 1. The van der Waals surface area contributed by atoms with Gasteiger partial charge in [-0.15, -0.1) is 0 Å². The molecular weight excluding hydrogens is 354 g/mol. The van der Waals surface area contributed by atoms with Crippen molar-refractivity contribution in [3.8, 4) is 11.5 Å². The van der Waals surface area contributed by atoms with Crippen LogP contribution in [0, 0.1) is 0 Å². The second-order valence-electron chi connectivity index (χ2n) is 6.10. The van der Waals surface area contributed by atoms with Gasteiger partial charge in [-0.25, -0.2) is 4.98 Å². The van der Waals surface area contributed by atoms with Gasteiger partial charge in [-0.1, -0.05) is 18.2 Å². The van der Waals surface area contributed by atoms with Crippen LogP contribution in [-0.2, 0) is 4.74 Å². The number of rotatable bonds is 9. The molecule has 0 spiro atoms. The highest BCUT2D eigenvalue weighted by molar-refractivity contribution is 5.94. The highest BCUT2D eigenvalue weighted by atomic mass is 16.5. The van der Waals surface area contributed by atoms with Gasteiger partial charge in [0.25, 0.3) is 5.91 Å². The lowest BCUT2D eigenvalue weighted by atomic mass is 10.2. The third-order valence-corrected chi connectivity index (χ3v) is 3.94. The highest BCUT2D eigenvalue weighted by Crippen LogP contribution is 2.24. The van der Waals surface area contributed by atoms with Gasteiger partial charge in [0.15, 0.2) is 0 Å². The molecule has 0 atom stereocenters. The Bertz CT molecular complexity index is 883. The molecule has 3 aromatic rings. The summed E-state index contributed by atoms with van der Waals surface area (Å²) >= 11 is 0. The Morgan fingerprint density at radius 2 is 1.75 bits per heavy atom. The molecule has 0 saturated carbocycles. The number of hydrogen-bond donors (Lipinski definition) is 2. The number of amides is 1. The average molecular weight is 377 g/mol. The van der Waals surface area contributed by atoms with Crippen molar-refractivity contribution in [1.82, 2.24) is 10.3 Å². The van der Waals surface area contributed by atoms with Crippen LogP contribution in [0.1, 0.15) is 16.8 Å². The summed E-state index contributed by atoms with van der Waals surface area (Å²) in [7, 11) is 1.64. The summed E-state index contributed by atoms with van der Waals surface area (Å²) in [6.07, 6.45) is 2.38. The third kappa shape index (κ3) is 5.82. The van der Waals surface area contributed by atoms with Gasteiger partial charge >= 0.3 is 0 Å². The van der Waals surface area contributed by atoms with E-state index in [0.717, 1.165) is 23.6 Å². The monoisotopic (exact) mass is 377 g/mol. The van der Waals surface area contributed by atoms with Crippen molar-refractivity contribution in [2.75, 3.05) is 25.6 Å². The minimum absolute atomic E-state index is 0.131. The minimum Gasteiger partial charge on any atom is -0.457 e. The molecule has 1 amide bonds. The molecule has 6 heteroatoms. The van der Waals surface area contributed by atoms with Crippen molar-refractivity contribution >= 4 is 17.4 Å². The Kier molecular flexibility index (Phi) is 6.98. The topological polar surface area (TPSA) is 72.5 Å². The predicted molar refractivity (Wildman–Crippen MR) is 109 cm³/mol. The first-order chi connectivity index (χ1) is 13.7. The first kappa shape index (κ1) is 19.4. The molecule has 2 aromatic carbocycles. The molecule has 0 aliphatic carbocycles. The van der Waals surface area contributed by atoms with Gasteiger partial charge < -0.3 is 20.1 Å². The van der Waals surface area contributed by atoms with Crippen LogP contribution in [0.2, 0.25) is 0 Å². The summed E-state index contributed by atoms with van der Waals surface area (Å²) in [6.45, 7) is 1.19. The maximum absolute atomic E-state index is 12.2. The lowest BCUT2D eigenvalue weighted by molar-refractivity contribution is 0.0948. The summed E-state index contributed by atoms with van der Waals surface area (Å²) in [5, 5.41) is 6.06. The first-order valence-corrected chi connectivity index (χ1v) is 9.08. The van der Waals surface area contributed by atoms with Gasteiger partial charge in [0.2, 0.25) is 0 Å². The lowest BCUT2D eigenvalue weighted by Crippen LogP contribution is -2.25. The van der Waals surface area contributed by atoms with Gasteiger partial charge in [-0.2, -0.15) is 0 Å². The smallest absolute Gasteiger partial charge is 0.251 e. The van der Waals surface area contributed by atoms with Crippen LogP contribution in [0.15, 0.2) is 72.9 Å². The van der Waals surface area contributed by atoms with E-state index in [9.17, 15) is 4.79 Å². The number of para-hydroxylation sites is 1. The zero-order valence-electron chi connectivity index (χ0n) is 15.7. The summed E-state index contributed by atoms with van der Waals surface area (Å²) < 4.78 is 10.8. The number of anilines is 2. The van der Waals surface area contributed by atoms with E-state index in [4.69, 9.17) is 9.47 Å². The summed E-state index contributed by atoms with van der Waals surface area (Å²) in [6, 6.07) is 20.6. The Morgan fingerprint density at radius 3 is 2.50 bits per heavy atom. The summed E-state index contributed by atoms with van der Waals surface area (Å²) in [5.74, 6) is 2.00. The van der Waals surface area contributed by atoms with Crippen molar-refractivity contribution in [3.05, 3.63) is 78.5 Å². The van der Waals surface area contributed by atoms with Crippen molar-refractivity contribution in [3.63, 3.8) is 0 Å². The molecule has 28 heavy (non-hydrogen) atoms. The number of methoxy groups -OCH3 is 1. The fourth-order valence-electron chi connectivity index (χ4n) is 2.54. The first-order valence-electron chi connectivity index (χ1n) is 9.08. The van der Waals surface area contributed by atoms with Crippen molar-refractivity contribution < 1.29 is 14.3 Å². The maximum Gasteiger partial charge on any atom is 0.251 e. The highest BCUT2D eigenvalue weighted by Gasteiger charge is 2.07. The molecule has 0 aliphatic rings. The quantitative estimate of drug-likeness (QED) is 0.541. The second kappa shape index (κ2) is 10.1. The number of nitrogens with one attached hydrogen (secondary N) is 2. The number of carbonyl (C=O) groups excluding carboxylic acids is 1. The van der Waals surface area contributed by atoms with Crippen LogP contribution in [-0.4, -0.2) is 31.2 Å². The van der Waals surface area contributed by atoms with E-state index in [0.29, 0.717) is 24.5 Å². The van der Waals surface area contributed by atoms with Crippen molar-refractivity contribution in [1.29, 1.82) is 0 Å². The van der Waals surface area contributed by atoms with E-state index in [1.54, 1.807) is 25.4 Å². The Hall–Kier alpha value is -3.38. The molecule has 0 unspecified atom stereocenters. The van der Waals surface area contributed by atoms with Crippen LogP contribution < -0.4 is 15.4 Å². The number of ether oxygens (including phenoxy) is 2. The molecule has 0 radical (unpaired) electrons. The van der Waals surface area contributed by atoms with Gasteiger partial charge in [0.05, 0.1) is 0 Å². The zero-order chi connectivity index (χ0) is 19.6. The normalized spacial score (nSPS) is 10.3.